The molecule has 1 aromatic heterocycles. The molecule has 1 heterocycles. The Morgan fingerprint density at radius 2 is 2.10 bits per heavy atom. The molecular formula is C15H18BrN3O2. The van der Waals surface area contributed by atoms with E-state index >= 15 is 0 Å². The Morgan fingerprint density at radius 1 is 1.38 bits per heavy atom. The van der Waals surface area contributed by atoms with E-state index in [4.69, 9.17) is 0 Å². The second kappa shape index (κ2) is 6.76. The van der Waals surface area contributed by atoms with Crippen LogP contribution >= 0.6 is 15.9 Å². The molecule has 0 amide bonds. The molecule has 1 aromatic carbocycles. The normalized spacial score (nSPS) is 10.9. The monoisotopic (exact) mass is 351 g/mol. The summed E-state index contributed by atoms with van der Waals surface area (Å²) in [7, 11) is 0. The lowest BCUT2D eigenvalue weighted by Gasteiger charge is -2.12. The van der Waals surface area contributed by atoms with Crippen LogP contribution in [0, 0.1) is 5.92 Å². The number of anilines is 1. The second-order valence-electron chi connectivity index (χ2n) is 5.24. The van der Waals surface area contributed by atoms with Crippen LogP contribution in [0.5, 0.6) is 5.75 Å². The van der Waals surface area contributed by atoms with Gasteiger partial charge in [0.2, 0.25) is 0 Å². The standard InChI is InChI=1S/C15H18BrN3O2/c1-10(2)9-19-15(21)14(16)12(8-18-19)17-7-11-5-3-4-6-13(11)20/h3-6,8,10,17,20H,7,9H2,1-2H3. The quantitative estimate of drug-likeness (QED) is 0.868. The predicted octanol–water partition coefficient (Wildman–Crippen LogP) is 2.98. The van der Waals surface area contributed by atoms with Crippen LogP contribution in [0.1, 0.15) is 19.4 Å². The SMILES string of the molecule is CC(C)Cn1ncc(NCc2ccccc2O)c(Br)c1=O. The molecule has 0 aliphatic heterocycles. The first-order valence-electron chi connectivity index (χ1n) is 6.75. The molecule has 0 radical (unpaired) electrons. The molecule has 2 aromatic rings. The molecule has 0 saturated carbocycles. The first-order chi connectivity index (χ1) is 9.99. The third kappa shape index (κ3) is 3.85. The topological polar surface area (TPSA) is 67.2 Å². The number of nitrogens with zero attached hydrogens (tertiary/aromatic N) is 2. The lowest BCUT2D eigenvalue weighted by atomic mass is 10.2. The summed E-state index contributed by atoms with van der Waals surface area (Å²) in [5.74, 6) is 0.574. The minimum absolute atomic E-state index is 0.161. The lowest BCUT2D eigenvalue weighted by Crippen LogP contribution is -2.26. The Kier molecular flexibility index (Phi) is 5.01. The fourth-order valence-corrected chi connectivity index (χ4v) is 2.36. The summed E-state index contributed by atoms with van der Waals surface area (Å²) in [6.07, 6.45) is 1.62. The van der Waals surface area contributed by atoms with Gasteiger partial charge in [-0.25, -0.2) is 4.68 Å². The van der Waals surface area contributed by atoms with Crippen molar-refractivity contribution in [2.24, 2.45) is 5.92 Å². The third-order valence-corrected chi connectivity index (χ3v) is 3.75. The van der Waals surface area contributed by atoms with Crippen molar-refractivity contribution >= 4 is 21.6 Å². The molecule has 0 aliphatic rings. The highest BCUT2D eigenvalue weighted by atomic mass is 79.9. The van der Waals surface area contributed by atoms with E-state index in [0.29, 0.717) is 29.2 Å². The number of phenolic OH excluding ortho intramolecular Hbond substituents is 1. The highest BCUT2D eigenvalue weighted by Gasteiger charge is 2.10. The molecular weight excluding hydrogens is 334 g/mol. The molecule has 112 valence electrons. The maximum Gasteiger partial charge on any atom is 0.283 e. The number of benzene rings is 1. The van der Waals surface area contributed by atoms with Crippen LogP contribution in [-0.2, 0) is 13.1 Å². The van der Waals surface area contributed by atoms with Crippen LogP contribution < -0.4 is 10.9 Å². The molecule has 0 spiro atoms. The van der Waals surface area contributed by atoms with Gasteiger partial charge in [0.1, 0.15) is 10.2 Å². The third-order valence-electron chi connectivity index (χ3n) is 2.98. The van der Waals surface area contributed by atoms with Crippen molar-refractivity contribution in [2.75, 3.05) is 5.32 Å². The minimum Gasteiger partial charge on any atom is -0.508 e. The van der Waals surface area contributed by atoms with E-state index in [2.05, 4.69) is 26.3 Å². The fraction of sp³-hybridized carbons (Fsp3) is 0.333. The van der Waals surface area contributed by atoms with E-state index in [1.807, 2.05) is 26.0 Å². The molecule has 0 bridgehead atoms. The van der Waals surface area contributed by atoms with Gasteiger partial charge in [0, 0.05) is 18.7 Å². The number of hydrogen-bond acceptors (Lipinski definition) is 4. The van der Waals surface area contributed by atoms with Gasteiger partial charge < -0.3 is 10.4 Å². The molecule has 0 saturated heterocycles. The van der Waals surface area contributed by atoms with Gasteiger partial charge in [-0.3, -0.25) is 4.79 Å². The van der Waals surface area contributed by atoms with Crippen LogP contribution in [0.2, 0.25) is 0 Å². The zero-order chi connectivity index (χ0) is 15.4. The van der Waals surface area contributed by atoms with Crippen LogP contribution in [0.4, 0.5) is 5.69 Å². The Hall–Kier alpha value is -1.82. The summed E-state index contributed by atoms with van der Waals surface area (Å²) in [5.41, 5.74) is 1.21. The van der Waals surface area contributed by atoms with E-state index in [9.17, 15) is 9.90 Å². The summed E-state index contributed by atoms with van der Waals surface area (Å²) >= 11 is 3.31. The zero-order valence-electron chi connectivity index (χ0n) is 12.0. The van der Waals surface area contributed by atoms with Crippen LogP contribution in [-0.4, -0.2) is 14.9 Å². The molecule has 6 heteroatoms. The largest absolute Gasteiger partial charge is 0.508 e. The number of aromatic hydroxyl groups is 1. The molecule has 0 fully saturated rings. The summed E-state index contributed by atoms with van der Waals surface area (Å²) in [4.78, 5) is 12.2. The Morgan fingerprint density at radius 3 is 2.76 bits per heavy atom. The van der Waals surface area contributed by atoms with Gasteiger partial charge in [-0.2, -0.15) is 5.10 Å². The Labute approximate surface area is 131 Å². The number of halogens is 1. The summed E-state index contributed by atoms with van der Waals surface area (Å²) in [5, 5.41) is 17.0. The number of phenols is 1. The van der Waals surface area contributed by atoms with Crippen molar-refractivity contribution in [1.82, 2.24) is 9.78 Å². The van der Waals surface area contributed by atoms with E-state index < -0.39 is 0 Å². The van der Waals surface area contributed by atoms with Gasteiger partial charge in [-0.05, 0) is 27.9 Å². The lowest BCUT2D eigenvalue weighted by molar-refractivity contribution is 0.462. The molecule has 0 aliphatic carbocycles. The molecule has 21 heavy (non-hydrogen) atoms. The number of nitrogens with one attached hydrogen (secondary N) is 1. The van der Waals surface area contributed by atoms with Crippen molar-refractivity contribution in [3.63, 3.8) is 0 Å². The second-order valence-corrected chi connectivity index (χ2v) is 6.03. The van der Waals surface area contributed by atoms with E-state index in [-0.39, 0.29) is 11.3 Å². The number of aromatic nitrogens is 2. The molecule has 0 atom stereocenters. The summed E-state index contributed by atoms with van der Waals surface area (Å²) in [6, 6.07) is 7.07. The number of para-hydroxylation sites is 1. The number of rotatable bonds is 5. The van der Waals surface area contributed by atoms with E-state index in [1.54, 1.807) is 18.3 Å². The van der Waals surface area contributed by atoms with Crippen molar-refractivity contribution in [3.05, 3.63) is 50.9 Å². The van der Waals surface area contributed by atoms with Gasteiger partial charge in [-0.15, -0.1) is 0 Å². The minimum atomic E-state index is -0.161. The first-order valence-corrected chi connectivity index (χ1v) is 7.54. The van der Waals surface area contributed by atoms with E-state index in [1.165, 1.54) is 4.68 Å². The van der Waals surface area contributed by atoms with Gasteiger partial charge in [0.15, 0.2) is 0 Å². The van der Waals surface area contributed by atoms with Gasteiger partial charge in [0.25, 0.3) is 5.56 Å². The van der Waals surface area contributed by atoms with Crippen molar-refractivity contribution < 1.29 is 5.11 Å². The van der Waals surface area contributed by atoms with Gasteiger partial charge in [-0.1, -0.05) is 32.0 Å². The van der Waals surface area contributed by atoms with E-state index in [0.717, 1.165) is 5.56 Å². The molecule has 2 rings (SSSR count). The van der Waals surface area contributed by atoms with Crippen LogP contribution in [0.3, 0.4) is 0 Å². The maximum absolute atomic E-state index is 12.2. The van der Waals surface area contributed by atoms with Crippen LogP contribution in [0.25, 0.3) is 0 Å². The average Bonchev–Trinajstić information content (AvgIpc) is 2.44. The summed E-state index contributed by atoms with van der Waals surface area (Å²) < 4.78 is 1.90. The van der Waals surface area contributed by atoms with Gasteiger partial charge >= 0.3 is 0 Å². The van der Waals surface area contributed by atoms with Gasteiger partial charge in [0.05, 0.1) is 11.9 Å². The van der Waals surface area contributed by atoms with Crippen molar-refractivity contribution in [3.8, 4) is 5.75 Å². The molecule has 2 N–H and O–H groups in total. The zero-order valence-corrected chi connectivity index (χ0v) is 13.6. The highest BCUT2D eigenvalue weighted by molar-refractivity contribution is 9.10. The Balaban J connectivity index is 2.17. The predicted molar refractivity (Wildman–Crippen MR) is 86.5 cm³/mol. The van der Waals surface area contributed by atoms with Crippen molar-refractivity contribution in [1.29, 1.82) is 0 Å². The average molecular weight is 352 g/mol. The summed E-state index contributed by atoms with van der Waals surface area (Å²) in [6.45, 7) is 5.07. The highest BCUT2D eigenvalue weighted by Crippen LogP contribution is 2.20. The fourth-order valence-electron chi connectivity index (χ4n) is 1.91. The molecule has 0 unspecified atom stereocenters. The maximum atomic E-state index is 12.2. The molecule has 5 nitrogen and oxygen atoms in total. The van der Waals surface area contributed by atoms with Crippen LogP contribution in [0.15, 0.2) is 39.7 Å². The number of hydrogen-bond donors (Lipinski definition) is 2. The first kappa shape index (κ1) is 15.6. The Bertz CT molecular complexity index is 683. The van der Waals surface area contributed by atoms with Crippen molar-refractivity contribution in [2.45, 2.75) is 26.9 Å². The smallest absolute Gasteiger partial charge is 0.283 e.